The molecule has 0 aliphatic heterocycles. The second-order valence-corrected chi connectivity index (χ2v) is 7.61. The minimum Gasteiger partial charge on any atom is -0.265 e. The number of benzene rings is 2. The fourth-order valence-electron chi connectivity index (χ4n) is 3.60. The molecule has 2 aromatic carbocycles. The quantitative estimate of drug-likeness (QED) is 0.431. The molecule has 0 spiro atoms. The van der Waals surface area contributed by atoms with Crippen LogP contribution in [0.4, 0.5) is 0 Å². The summed E-state index contributed by atoms with van der Waals surface area (Å²) in [5.41, 5.74) is 6.34. The zero-order valence-electron chi connectivity index (χ0n) is 15.4. The molecule has 2 heteroatoms. The van der Waals surface area contributed by atoms with Crippen molar-refractivity contribution in [3.8, 4) is 22.3 Å². The molecular formula is C24H22N2. The molecular weight excluding hydrogens is 316 g/mol. The van der Waals surface area contributed by atoms with Crippen LogP contribution in [-0.4, -0.2) is 9.97 Å². The molecule has 0 atom stereocenters. The molecule has 0 amide bonds. The summed E-state index contributed by atoms with van der Waals surface area (Å²) in [6, 6.07) is 19.4. The zero-order valence-corrected chi connectivity index (χ0v) is 15.4. The lowest BCUT2D eigenvalue weighted by atomic mass is 9.79. The molecule has 0 radical (unpaired) electrons. The normalized spacial score (nSPS) is 11.7. The van der Waals surface area contributed by atoms with Crippen molar-refractivity contribution in [2.75, 3.05) is 0 Å². The van der Waals surface area contributed by atoms with Gasteiger partial charge in [-0.15, -0.1) is 0 Å². The van der Waals surface area contributed by atoms with E-state index < -0.39 is 0 Å². The van der Waals surface area contributed by atoms with Gasteiger partial charge >= 0.3 is 0 Å². The molecule has 0 saturated carbocycles. The molecule has 0 saturated heterocycles. The number of rotatable bonds is 2. The Morgan fingerprint density at radius 3 is 1.85 bits per heavy atom. The number of aromatic nitrogens is 2. The van der Waals surface area contributed by atoms with Crippen LogP contribution in [0.2, 0.25) is 0 Å². The van der Waals surface area contributed by atoms with E-state index in [1.165, 1.54) is 38.6 Å². The molecule has 4 rings (SSSR count). The lowest BCUT2D eigenvalue weighted by molar-refractivity contribution is 0.593. The zero-order chi connectivity index (χ0) is 18.1. The Balaban J connectivity index is 2.09. The van der Waals surface area contributed by atoms with Crippen molar-refractivity contribution in [2.45, 2.75) is 26.2 Å². The minimum atomic E-state index is 0.0550. The van der Waals surface area contributed by atoms with E-state index in [9.17, 15) is 0 Å². The maximum absolute atomic E-state index is 4.20. The maximum Gasteiger partial charge on any atom is 0.0273 e. The molecule has 0 N–H and O–H groups in total. The molecule has 0 fully saturated rings. The van der Waals surface area contributed by atoms with Crippen molar-refractivity contribution in [1.82, 2.24) is 9.97 Å². The monoisotopic (exact) mass is 338 g/mol. The summed E-state index contributed by atoms with van der Waals surface area (Å²) in [5.74, 6) is 0. The maximum atomic E-state index is 4.20. The van der Waals surface area contributed by atoms with E-state index in [0.717, 1.165) is 0 Å². The van der Waals surface area contributed by atoms with Gasteiger partial charge in [0.2, 0.25) is 0 Å². The first-order chi connectivity index (χ1) is 12.6. The highest BCUT2D eigenvalue weighted by molar-refractivity contribution is 6.05. The molecule has 2 nitrogen and oxygen atoms in total. The Morgan fingerprint density at radius 2 is 1.23 bits per heavy atom. The van der Waals surface area contributed by atoms with E-state index in [1.807, 2.05) is 24.8 Å². The van der Waals surface area contributed by atoms with Crippen molar-refractivity contribution < 1.29 is 0 Å². The highest BCUT2D eigenvalue weighted by Gasteiger charge is 2.21. The van der Waals surface area contributed by atoms with Crippen molar-refractivity contribution in [2.24, 2.45) is 0 Å². The number of fused-ring (bicyclic) bond motifs is 1. The molecule has 128 valence electrons. The van der Waals surface area contributed by atoms with Gasteiger partial charge in [0, 0.05) is 24.8 Å². The summed E-state index contributed by atoms with van der Waals surface area (Å²) in [6.45, 7) is 6.81. The van der Waals surface area contributed by atoms with Crippen LogP contribution >= 0.6 is 0 Å². The third kappa shape index (κ3) is 2.88. The number of nitrogens with zero attached hydrogens (tertiary/aromatic N) is 2. The molecule has 2 heterocycles. The first kappa shape index (κ1) is 16.5. The van der Waals surface area contributed by atoms with E-state index in [2.05, 4.69) is 85.3 Å². The average molecular weight is 338 g/mol. The number of pyridine rings is 2. The van der Waals surface area contributed by atoms with Crippen LogP contribution in [0.1, 0.15) is 26.3 Å². The Labute approximate surface area is 154 Å². The van der Waals surface area contributed by atoms with Gasteiger partial charge in [-0.3, -0.25) is 9.97 Å². The third-order valence-corrected chi connectivity index (χ3v) is 4.83. The smallest absolute Gasteiger partial charge is 0.0273 e. The van der Waals surface area contributed by atoms with Crippen molar-refractivity contribution in [1.29, 1.82) is 0 Å². The molecule has 0 unspecified atom stereocenters. The second-order valence-electron chi connectivity index (χ2n) is 7.61. The summed E-state index contributed by atoms with van der Waals surface area (Å²) in [5, 5.41) is 2.54. The van der Waals surface area contributed by atoms with Gasteiger partial charge in [-0.1, -0.05) is 51.1 Å². The van der Waals surface area contributed by atoms with Crippen LogP contribution in [0.5, 0.6) is 0 Å². The third-order valence-electron chi connectivity index (χ3n) is 4.83. The van der Waals surface area contributed by atoms with Gasteiger partial charge in [0.15, 0.2) is 0 Å². The highest BCUT2D eigenvalue weighted by Crippen LogP contribution is 2.40. The van der Waals surface area contributed by atoms with E-state index in [1.54, 1.807) is 0 Å². The van der Waals surface area contributed by atoms with Crippen molar-refractivity contribution in [3.63, 3.8) is 0 Å². The summed E-state index contributed by atoms with van der Waals surface area (Å²) in [6.07, 6.45) is 7.43. The minimum absolute atomic E-state index is 0.0550. The average Bonchev–Trinajstić information content (AvgIpc) is 2.67. The SMILES string of the molecule is CC(C)(C)c1ccc2c(-c3ccncc3)cccc2c1-c1ccncc1. The predicted octanol–water partition coefficient (Wildman–Crippen LogP) is 6.26. The fraction of sp³-hybridized carbons (Fsp3) is 0.167. The van der Waals surface area contributed by atoms with Crippen molar-refractivity contribution in [3.05, 3.63) is 84.9 Å². The standard InChI is InChI=1S/C24H22N2/c1-24(2,3)22-8-7-20-19(17-9-13-25-14-10-17)5-4-6-21(20)23(22)18-11-15-26-16-12-18/h4-16H,1-3H3. The van der Waals surface area contributed by atoms with E-state index >= 15 is 0 Å². The van der Waals surface area contributed by atoms with E-state index in [4.69, 9.17) is 0 Å². The van der Waals surface area contributed by atoms with Crippen LogP contribution in [0, 0.1) is 0 Å². The topological polar surface area (TPSA) is 25.8 Å². The van der Waals surface area contributed by atoms with Gasteiger partial charge in [-0.25, -0.2) is 0 Å². The summed E-state index contributed by atoms with van der Waals surface area (Å²) in [4.78, 5) is 8.36. The number of hydrogen-bond acceptors (Lipinski definition) is 2. The summed E-state index contributed by atoms with van der Waals surface area (Å²) < 4.78 is 0. The molecule has 4 aromatic rings. The molecule has 0 aliphatic rings. The second kappa shape index (κ2) is 6.38. The van der Waals surface area contributed by atoms with Crippen molar-refractivity contribution >= 4 is 10.8 Å². The van der Waals surface area contributed by atoms with Crippen LogP contribution in [-0.2, 0) is 5.41 Å². The lowest BCUT2D eigenvalue weighted by Crippen LogP contribution is -2.13. The first-order valence-electron chi connectivity index (χ1n) is 8.93. The Morgan fingerprint density at radius 1 is 0.615 bits per heavy atom. The van der Waals surface area contributed by atoms with Gasteiger partial charge in [-0.2, -0.15) is 0 Å². The van der Waals surface area contributed by atoms with Gasteiger partial charge in [0.05, 0.1) is 0 Å². The van der Waals surface area contributed by atoms with Crippen LogP contribution in [0.15, 0.2) is 79.4 Å². The van der Waals surface area contributed by atoms with E-state index in [-0.39, 0.29) is 5.41 Å². The van der Waals surface area contributed by atoms with E-state index in [0.29, 0.717) is 0 Å². The van der Waals surface area contributed by atoms with Gasteiger partial charge < -0.3 is 0 Å². The van der Waals surface area contributed by atoms with Crippen LogP contribution in [0.25, 0.3) is 33.0 Å². The Hall–Kier alpha value is -3.00. The first-order valence-corrected chi connectivity index (χ1v) is 8.93. The van der Waals surface area contributed by atoms with Gasteiger partial charge in [0.1, 0.15) is 0 Å². The van der Waals surface area contributed by atoms with Crippen LogP contribution < -0.4 is 0 Å². The van der Waals surface area contributed by atoms with Crippen LogP contribution in [0.3, 0.4) is 0 Å². The largest absolute Gasteiger partial charge is 0.265 e. The predicted molar refractivity (Wildman–Crippen MR) is 109 cm³/mol. The summed E-state index contributed by atoms with van der Waals surface area (Å²) >= 11 is 0. The molecule has 26 heavy (non-hydrogen) atoms. The molecule has 0 aliphatic carbocycles. The highest BCUT2D eigenvalue weighted by atomic mass is 14.6. The Bertz CT molecular complexity index is 1050. The lowest BCUT2D eigenvalue weighted by Gasteiger charge is -2.25. The van der Waals surface area contributed by atoms with Gasteiger partial charge in [0.25, 0.3) is 0 Å². The molecule has 2 aromatic heterocycles. The summed E-state index contributed by atoms with van der Waals surface area (Å²) in [7, 11) is 0. The fourth-order valence-corrected chi connectivity index (χ4v) is 3.60. The Kier molecular flexibility index (Phi) is 4.04. The molecule has 0 bridgehead atoms. The van der Waals surface area contributed by atoms with Gasteiger partial charge in [-0.05, 0) is 68.3 Å². The number of hydrogen-bond donors (Lipinski definition) is 0.